The van der Waals surface area contributed by atoms with Crippen molar-refractivity contribution in [2.45, 2.75) is 5.37 Å². The molecule has 1 aliphatic heterocycles. The number of nitrogens with zero attached hydrogens (tertiary/aromatic N) is 1. The van der Waals surface area contributed by atoms with Crippen molar-refractivity contribution >= 4 is 17.7 Å². The fourth-order valence-corrected chi connectivity index (χ4v) is 3.38. The lowest BCUT2D eigenvalue weighted by Crippen LogP contribution is -2.30. The zero-order valence-electron chi connectivity index (χ0n) is 10.1. The van der Waals surface area contributed by atoms with E-state index in [4.69, 9.17) is 4.42 Å². The number of carbonyl (C=O) groups excluding carboxylic acids is 1. The van der Waals surface area contributed by atoms with Gasteiger partial charge in [-0.1, -0.05) is 12.1 Å². The topological polar surface area (TPSA) is 33.5 Å². The third-order valence-corrected chi connectivity index (χ3v) is 4.30. The molecule has 0 saturated carbocycles. The largest absolute Gasteiger partial charge is 0.459 e. The molecular weight excluding hydrogens is 265 g/mol. The predicted octanol–water partition coefficient (Wildman–Crippen LogP) is 3.31. The van der Waals surface area contributed by atoms with Gasteiger partial charge < -0.3 is 9.32 Å². The van der Waals surface area contributed by atoms with Crippen LogP contribution in [0.1, 0.15) is 21.5 Å². The SMILES string of the molecule is O=C(c1ccco1)N1CCSC1c1ccc(F)cc1. The van der Waals surface area contributed by atoms with Gasteiger partial charge in [-0.2, -0.15) is 0 Å². The third-order valence-electron chi connectivity index (χ3n) is 3.04. The fraction of sp³-hybridized carbons (Fsp3) is 0.214. The van der Waals surface area contributed by atoms with Gasteiger partial charge in [-0.25, -0.2) is 4.39 Å². The quantitative estimate of drug-likeness (QED) is 0.844. The molecular formula is C14H12FNO2S. The first-order valence-corrected chi connectivity index (χ1v) is 7.02. The molecule has 0 radical (unpaired) electrons. The molecule has 1 amide bonds. The molecule has 1 aromatic carbocycles. The van der Waals surface area contributed by atoms with E-state index in [1.807, 2.05) is 0 Å². The van der Waals surface area contributed by atoms with Crippen molar-refractivity contribution in [3.63, 3.8) is 0 Å². The summed E-state index contributed by atoms with van der Waals surface area (Å²) < 4.78 is 18.1. The zero-order valence-corrected chi connectivity index (χ0v) is 10.9. The molecule has 1 fully saturated rings. The summed E-state index contributed by atoms with van der Waals surface area (Å²) in [6.45, 7) is 0.673. The Balaban J connectivity index is 1.85. The first kappa shape index (κ1) is 12.3. The molecule has 2 aromatic rings. The summed E-state index contributed by atoms with van der Waals surface area (Å²) in [6, 6.07) is 9.64. The summed E-state index contributed by atoms with van der Waals surface area (Å²) in [5.41, 5.74) is 0.934. The average Bonchev–Trinajstić information content (AvgIpc) is 3.10. The van der Waals surface area contributed by atoms with Gasteiger partial charge in [-0.3, -0.25) is 4.79 Å². The van der Waals surface area contributed by atoms with E-state index in [9.17, 15) is 9.18 Å². The molecule has 1 atom stereocenters. The zero-order chi connectivity index (χ0) is 13.2. The number of hydrogen-bond acceptors (Lipinski definition) is 3. The third kappa shape index (κ3) is 2.38. The Kier molecular flexibility index (Phi) is 3.29. The number of benzene rings is 1. The fourth-order valence-electron chi connectivity index (χ4n) is 2.12. The Labute approximate surface area is 114 Å². The molecule has 0 N–H and O–H groups in total. The van der Waals surface area contributed by atoms with E-state index in [1.54, 1.807) is 40.9 Å². The molecule has 3 nitrogen and oxygen atoms in total. The summed E-state index contributed by atoms with van der Waals surface area (Å²) in [5.74, 6) is 0.823. The summed E-state index contributed by atoms with van der Waals surface area (Å²) in [6.07, 6.45) is 1.49. The van der Waals surface area contributed by atoms with E-state index >= 15 is 0 Å². The maximum absolute atomic E-state index is 13.0. The number of carbonyl (C=O) groups is 1. The summed E-state index contributed by atoms with van der Waals surface area (Å²) >= 11 is 1.68. The van der Waals surface area contributed by atoms with Gasteiger partial charge >= 0.3 is 0 Å². The second kappa shape index (κ2) is 5.09. The minimum atomic E-state index is -0.268. The van der Waals surface area contributed by atoms with Gasteiger partial charge in [0, 0.05) is 12.3 Å². The van der Waals surface area contributed by atoms with Crippen LogP contribution in [0.3, 0.4) is 0 Å². The Bertz CT molecular complexity index is 568. The van der Waals surface area contributed by atoms with Gasteiger partial charge in [0.25, 0.3) is 5.91 Å². The maximum atomic E-state index is 13.0. The highest BCUT2D eigenvalue weighted by Crippen LogP contribution is 2.38. The summed E-state index contributed by atoms with van der Waals surface area (Å²) in [4.78, 5) is 14.1. The van der Waals surface area contributed by atoms with Gasteiger partial charge in [-0.15, -0.1) is 11.8 Å². The molecule has 5 heteroatoms. The number of thioether (sulfide) groups is 1. The van der Waals surface area contributed by atoms with Crippen LogP contribution >= 0.6 is 11.8 Å². The molecule has 19 heavy (non-hydrogen) atoms. The van der Waals surface area contributed by atoms with Gasteiger partial charge in [0.05, 0.1) is 6.26 Å². The van der Waals surface area contributed by atoms with Crippen LogP contribution < -0.4 is 0 Å². The van der Waals surface area contributed by atoms with Crippen LogP contribution in [0, 0.1) is 5.82 Å². The second-order valence-electron chi connectivity index (χ2n) is 4.25. The normalized spacial score (nSPS) is 18.8. The predicted molar refractivity (Wildman–Crippen MR) is 71.3 cm³/mol. The van der Waals surface area contributed by atoms with Crippen LogP contribution in [0.25, 0.3) is 0 Å². The Morgan fingerprint density at radius 3 is 2.79 bits per heavy atom. The van der Waals surface area contributed by atoms with Crippen molar-refractivity contribution < 1.29 is 13.6 Å². The molecule has 1 saturated heterocycles. The van der Waals surface area contributed by atoms with Crippen molar-refractivity contribution in [3.8, 4) is 0 Å². The van der Waals surface area contributed by atoms with Gasteiger partial charge in [0.2, 0.25) is 0 Å². The molecule has 1 unspecified atom stereocenters. The molecule has 2 heterocycles. The summed E-state index contributed by atoms with van der Waals surface area (Å²) in [5, 5.41) is -0.0711. The molecule has 0 bridgehead atoms. The lowest BCUT2D eigenvalue weighted by atomic mass is 10.2. The number of furan rings is 1. The van der Waals surface area contributed by atoms with Crippen molar-refractivity contribution in [2.24, 2.45) is 0 Å². The molecule has 0 aliphatic carbocycles. The highest BCUT2D eigenvalue weighted by molar-refractivity contribution is 7.99. The molecule has 0 spiro atoms. The van der Waals surface area contributed by atoms with Crippen molar-refractivity contribution in [1.82, 2.24) is 4.90 Å². The van der Waals surface area contributed by atoms with Crippen LogP contribution in [0.4, 0.5) is 4.39 Å². The number of hydrogen-bond donors (Lipinski definition) is 0. The van der Waals surface area contributed by atoms with Gasteiger partial charge in [0.1, 0.15) is 11.2 Å². The Hall–Kier alpha value is -1.75. The molecule has 1 aliphatic rings. The van der Waals surface area contributed by atoms with Crippen LogP contribution in [-0.2, 0) is 0 Å². The second-order valence-corrected chi connectivity index (χ2v) is 5.44. The minimum Gasteiger partial charge on any atom is -0.459 e. The van der Waals surface area contributed by atoms with E-state index < -0.39 is 0 Å². The Morgan fingerprint density at radius 1 is 1.32 bits per heavy atom. The van der Waals surface area contributed by atoms with E-state index in [0.29, 0.717) is 12.3 Å². The molecule has 1 aromatic heterocycles. The van der Waals surface area contributed by atoms with E-state index in [-0.39, 0.29) is 17.1 Å². The van der Waals surface area contributed by atoms with Gasteiger partial charge in [-0.05, 0) is 29.8 Å². The standard InChI is InChI=1S/C14H12FNO2S/c15-11-5-3-10(4-6-11)14-16(7-9-19-14)13(17)12-2-1-8-18-12/h1-6,8,14H,7,9H2. The number of rotatable bonds is 2. The monoisotopic (exact) mass is 277 g/mol. The van der Waals surface area contributed by atoms with Gasteiger partial charge in [0.15, 0.2) is 5.76 Å². The van der Waals surface area contributed by atoms with E-state index in [0.717, 1.165) is 11.3 Å². The smallest absolute Gasteiger partial charge is 0.290 e. The lowest BCUT2D eigenvalue weighted by molar-refractivity contribution is 0.0728. The number of amides is 1. The number of halogens is 1. The maximum Gasteiger partial charge on any atom is 0.290 e. The minimum absolute atomic E-state index is 0.0711. The van der Waals surface area contributed by atoms with Crippen LogP contribution in [0.15, 0.2) is 47.1 Å². The first-order valence-electron chi connectivity index (χ1n) is 5.97. The van der Waals surface area contributed by atoms with Crippen LogP contribution in [0.5, 0.6) is 0 Å². The summed E-state index contributed by atoms with van der Waals surface area (Å²) in [7, 11) is 0. The highest BCUT2D eigenvalue weighted by Gasteiger charge is 2.32. The lowest BCUT2D eigenvalue weighted by Gasteiger charge is -2.23. The first-order chi connectivity index (χ1) is 9.25. The van der Waals surface area contributed by atoms with Crippen LogP contribution in [0.2, 0.25) is 0 Å². The molecule has 98 valence electrons. The van der Waals surface area contributed by atoms with Crippen LogP contribution in [-0.4, -0.2) is 23.1 Å². The molecule has 3 rings (SSSR count). The average molecular weight is 277 g/mol. The van der Waals surface area contributed by atoms with Crippen molar-refractivity contribution in [1.29, 1.82) is 0 Å². The van der Waals surface area contributed by atoms with Crippen molar-refractivity contribution in [2.75, 3.05) is 12.3 Å². The van der Waals surface area contributed by atoms with E-state index in [2.05, 4.69) is 0 Å². The highest BCUT2D eigenvalue weighted by atomic mass is 32.2. The Morgan fingerprint density at radius 2 is 2.11 bits per heavy atom. The van der Waals surface area contributed by atoms with Crippen molar-refractivity contribution in [3.05, 3.63) is 59.8 Å². The van der Waals surface area contributed by atoms with E-state index in [1.165, 1.54) is 18.4 Å².